The van der Waals surface area contributed by atoms with Crippen molar-refractivity contribution in [1.29, 1.82) is 0 Å². The number of benzene rings is 1. The zero-order chi connectivity index (χ0) is 15.5. The zero-order valence-electron chi connectivity index (χ0n) is 11.9. The lowest BCUT2D eigenvalue weighted by molar-refractivity contribution is -0.141. The van der Waals surface area contributed by atoms with Gasteiger partial charge in [-0.2, -0.15) is 0 Å². The smallest absolute Gasteiger partial charge is 0.308 e. The topological polar surface area (TPSA) is 95.5 Å². The van der Waals surface area contributed by atoms with Crippen molar-refractivity contribution in [3.05, 3.63) is 24.3 Å². The average molecular weight is 312 g/mol. The second kappa shape index (κ2) is 6.44. The summed E-state index contributed by atoms with van der Waals surface area (Å²) in [6.07, 6.45) is 2.38. The molecular formula is C14H20N2O4S. The number of carbonyl (C=O) groups is 1. The minimum Gasteiger partial charge on any atom is -0.481 e. The third-order valence-corrected chi connectivity index (χ3v) is 5.25. The normalized spacial score (nSPS) is 22.1. The van der Waals surface area contributed by atoms with Crippen molar-refractivity contribution in [2.75, 3.05) is 11.9 Å². The maximum Gasteiger partial charge on any atom is 0.308 e. The summed E-state index contributed by atoms with van der Waals surface area (Å²) in [6.45, 7) is 2.06. The van der Waals surface area contributed by atoms with Gasteiger partial charge >= 0.3 is 5.97 Å². The van der Waals surface area contributed by atoms with Gasteiger partial charge in [-0.05, 0) is 37.1 Å². The number of carboxylic acid groups (broad SMARTS) is 1. The zero-order valence-corrected chi connectivity index (χ0v) is 12.7. The van der Waals surface area contributed by atoms with Gasteiger partial charge in [0.25, 0.3) is 0 Å². The van der Waals surface area contributed by atoms with Crippen molar-refractivity contribution in [1.82, 2.24) is 4.72 Å². The Bertz CT molecular complexity index is 598. The molecule has 0 saturated heterocycles. The maximum absolute atomic E-state index is 11.8. The van der Waals surface area contributed by atoms with Crippen molar-refractivity contribution < 1.29 is 18.3 Å². The molecule has 1 aromatic carbocycles. The Morgan fingerprint density at radius 3 is 2.52 bits per heavy atom. The molecule has 0 amide bonds. The van der Waals surface area contributed by atoms with E-state index in [4.69, 9.17) is 5.11 Å². The molecule has 6 nitrogen and oxygen atoms in total. The van der Waals surface area contributed by atoms with Crippen LogP contribution in [0.4, 0.5) is 5.69 Å². The van der Waals surface area contributed by atoms with Crippen molar-refractivity contribution in [3.8, 4) is 0 Å². The molecule has 0 aliphatic heterocycles. The fraction of sp³-hybridized carbons (Fsp3) is 0.500. The van der Waals surface area contributed by atoms with Gasteiger partial charge in [0.15, 0.2) is 0 Å². The van der Waals surface area contributed by atoms with Crippen LogP contribution in [0.5, 0.6) is 0 Å². The Hall–Kier alpha value is -1.60. The number of anilines is 1. The van der Waals surface area contributed by atoms with E-state index in [1.54, 1.807) is 19.1 Å². The quantitative estimate of drug-likeness (QED) is 0.742. The highest BCUT2D eigenvalue weighted by Gasteiger charge is 2.32. The van der Waals surface area contributed by atoms with Crippen molar-refractivity contribution >= 4 is 21.7 Å². The monoisotopic (exact) mass is 312 g/mol. The van der Waals surface area contributed by atoms with E-state index in [1.165, 1.54) is 12.1 Å². The third-order valence-electron chi connectivity index (χ3n) is 3.68. The molecule has 1 saturated carbocycles. The van der Waals surface area contributed by atoms with E-state index in [0.717, 1.165) is 18.5 Å². The van der Waals surface area contributed by atoms with E-state index in [9.17, 15) is 13.2 Å². The minimum atomic E-state index is -3.45. The average Bonchev–Trinajstić information content (AvgIpc) is 2.87. The highest BCUT2D eigenvalue weighted by Crippen LogP contribution is 2.29. The van der Waals surface area contributed by atoms with Crippen LogP contribution < -0.4 is 10.0 Å². The van der Waals surface area contributed by atoms with E-state index in [0.29, 0.717) is 13.0 Å². The van der Waals surface area contributed by atoms with Crippen LogP contribution in [0.3, 0.4) is 0 Å². The molecule has 1 aliphatic rings. The molecule has 0 aromatic heterocycles. The first-order valence-electron chi connectivity index (χ1n) is 7.03. The Morgan fingerprint density at radius 1 is 1.29 bits per heavy atom. The number of carboxylic acids is 1. The molecule has 2 atom stereocenters. The van der Waals surface area contributed by atoms with E-state index in [2.05, 4.69) is 10.0 Å². The number of nitrogens with one attached hydrogen (secondary N) is 2. The lowest BCUT2D eigenvalue weighted by atomic mass is 10.0. The molecule has 1 aromatic rings. The third kappa shape index (κ3) is 3.74. The lowest BCUT2D eigenvalue weighted by Crippen LogP contribution is -2.29. The Morgan fingerprint density at radius 2 is 1.95 bits per heavy atom. The van der Waals surface area contributed by atoms with Crippen LogP contribution in [0.25, 0.3) is 0 Å². The fourth-order valence-electron chi connectivity index (χ4n) is 2.65. The second-order valence-corrected chi connectivity index (χ2v) is 6.92. The first-order chi connectivity index (χ1) is 9.94. The van der Waals surface area contributed by atoms with Crippen LogP contribution >= 0.6 is 0 Å². The number of aliphatic carboxylic acids is 1. The Kier molecular flexibility index (Phi) is 4.84. The van der Waals surface area contributed by atoms with Gasteiger partial charge in [-0.1, -0.05) is 13.3 Å². The summed E-state index contributed by atoms with van der Waals surface area (Å²) in [7, 11) is -3.45. The van der Waals surface area contributed by atoms with Gasteiger partial charge in [-0.25, -0.2) is 13.1 Å². The van der Waals surface area contributed by atoms with Crippen LogP contribution in [0.15, 0.2) is 29.2 Å². The van der Waals surface area contributed by atoms with Crippen molar-refractivity contribution in [3.63, 3.8) is 0 Å². The Labute approximate surface area is 124 Å². The van der Waals surface area contributed by atoms with Gasteiger partial charge in [-0.3, -0.25) is 4.79 Å². The molecule has 2 rings (SSSR count). The van der Waals surface area contributed by atoms with Crippen LogP contribution in [0, 0.1) is 5.92 Å². The summed E-state index contributed by atoms with van der Waals surface area (Å²) in [5, 5.41) is 12.3. The van der Waals surface area contributed by atoms with Crippen LogP contribution in [0.2, 0.25) is 0 Å². The second-order valence-electron chi connectivity index (χ2n) is 5.15. The highest BCUT2D eigenvalue weighted by atomic mass is 32.2. The lowest BCUT2D eigenvalue weighted by Gasteiger charge is -2.19. The van der Waals surface area contributed by atoms with Crippen molar-refractivity contribution in [2.24, 2.45) is 5.92 Å². The van der Waals surface area contributed by atoms with Crippen LogP contribution in [-0.4, -0.2) is 32.1 Å². The molecule has 116 valence electrons. The molecule has 0 heterocycles. The molecule has 1 fully saturated rings. The first kappa shape index (κ1) is 15.8. The van der Waals surface area contributed by atoms with Gasteiger partial charge in [0, 0.05) is 18.3 Å². The van der Waals surface area contributed by atoms with Gasteiger partial charge in [-0.15, -0.1) is 0 Å². The van der Waals surface area contributed by atoms with Crippen molar-refractivity contribution in [2.45, 2.75) is 37.1 Å². The molecular weight excluding hydrogens is 292 g/mol. The summed E-state index contributed by atoms with van der Waals surface area (Å²) in [5.41, 5.74) is 0.739. The highest BCUT2D eigenvalue weighted by molar-refractivity contribution is 7.89. The summed E-state index contributed by atoms with van der Waals surface area (Å²) >= 11 is 0. The van der Waals surface area contributed by atoms with E-state index < -0.39 is 16.0 Å². The largest absolute Gasteiger partial charge is 0.481 e. The molecule has 0 spiro atoms. The summed E-state index contributed by atoms with van der Waals surface area (Å²) in [5.74, 6) is -1.16. The van der Waals surface area contributed by atoms with Gasteiger partial charge < -0.3 is 10.4 Å². The van der Waals surface area contributed by atoms with E-state index >= 15 is 0 Å². The number of hydrogen-bond donors (Lipinski definition) is 3. The minimum absolute atomic E-state index is 0.0984. The molecule has 3 N–H and O–H groups in total. The molecule has 1 aliphatic carbocycles. The summed E-state index contributed by atoms with van der Waals surface area (Å²) < 4.78 is 26.1. The number of sulfonamides is 1. The summed E-state index contributed by atoms with van der Waals surface area (Å²) in [6, 6.07) is 6.28. The standard InChI is InChI=1S/C14H20N2O4S/c1-2-15-21(19,20)11-8-6-10(7-9-11)16-13-5-3-4-12(13)14(17)18/h6-9,12-13,15-16H,2-5H2,1H3,(H,17,18). The van der Waals surface area contributed by atoms with E-state index in [-0.39, 0.29) is 16.9 Å². The van der Waals surface area contributed by atoms with Gasteiger partial charge in [0.2, 0.25) is 10.0 Å². The number of rotatable bonds is 6. The van der Waals surface area contributed by atoms with Gasteiger partial charge in [0.1, 0.15) is 0 Å². The fourth-order valence-corrected chi connectivity index (χ4v) is 3.69. The predicted octanol–water partition coefficient (Wildman–Crippen LogP) is 1.65. The predicted molar refractivity (Wildman–Crippen MR) is 79.7 cm³/mol. The maximum atomic E-state index is 11.8. The first-order valence-corrected chi connectivity index (χ1v) is 8.51. The summed E-state index contributed by atoms with van der Waals surface area (Å²) in [4.78, 5) is 11.3. The van der Waals surface area contributed by atoms with Crippen LogP contribution in [0.1, 0.15) is 26.2 Å². The van der Waals surface area contributed by atoms with E-state index in [1.807, 2.05) is 0 Å². The SMILES string of the molecule is CCNS(=O)(=O)c1ccc(NC2CCCC2C(=O)O)cc1. The number of hydrogen-bond acceptors (Lipinski definition) is 4. The molecule has 7 heteroatoms. The van der Waals surface area contributed by atoms with Crippen LogP contribution in [-0.2, 0) is 14.8 Å². The Balaban J connectivity index is 2.08. The molecule has 0 bridgehead atoms. The van der Waals surface area contributed by atoms with Gasteiger partial charge in [0.05, 0.1) is 10.8 Å². The molecule has 0 radical (unpaired) electrons. The molecule has 2 unspecified atom stereocenters. The molecule has 21 heavy (non-hydrogen) atoms.